The number of H-pyrrole nitrogens is 1. The maximum atomic E-state index is 10.9. The summed E-state index contributed by atoms with van der Waals surface area (Å²) in [6.07, 6.45) is 1.45. The van der Waals surface area contributed by atoms with Gasteiger partial charge in [0, 0.05) is 28.7 Å². The van der Waals surface area contributed by atoms with Gasteiger partial charge in [-0.3, -0.25) is 10.1 Å². The number of non-ortho nitro benzene ring substituents is 1. The van der Waals surface area contributed by atoms with Gasteiger partial charge in [-0.25, -0.2) is 9.97 Å². The van der Waals surface area contributed by atoms with Gasteiger partial charge in [-0.1, -0.05) is 6.07 Å². The van der Waals surface area contributed by atoms with Crippen LogP contribution < -0.4 is 10.1 Å². The SMILES string of the molecule is COc1ccc2[nH]c3c(Nc4cccc([N+](=O)[O-])c4)ncnc3c2c1. The van der Waals surface area contributed by atoms with Crippen molar-refractivity contribution < 1.29 is 9.66 Å². The molecule has 0 amide bonds. The van der Waals surface area contributed by atoms with Crippen molar-refractivity contribution >= 4 is 39.1 Å². The molecule has 0 bridgehead atoms. The highest BCUT2D eigenvalue weighted by Gasteiger charge is 2.13. The minimum absolute atomic E-state index is 0.0108. The first-order valence-corrected chi connectivity index (χ1v) is 7.47. The van der Waals surface area contributed by atoms with Crippen LogP contribution in [0.15, 0.2) is 48.8 Å². The number of aromatic nitrogens is 3. The van der Waals surface area contributed by atoms with Crippen LogP contribution in [-0.2, 0) is 0 Å². The summed E-state index contributed by atoms with van der Waals surface area (Å²) in [6, 6.07) is 11.9. The predicted molar refractivity (Wildman–Crippen MR) is 94.3 cm³/mol. The molecule has 2 heterocycles. The molecule has 2 aromatic heterocycles. The lowest BCUT2D eigenvalue weighted by Crippen LogP contribution is -1.96. The fourth-order valence-electron chi connectivity index (χ4n) is 2.73. The van der Waals surface area contributed by atoms with Gasteiger partial charge in [0.15, 0.2) is 5.82 Å². The lowest BCUT2D eigenvalue weighted by Gasteiger charge is -2.06. The summed E-state index contributed by atoms with van der Waals surface area (Å²) >= 11 is 0. The number of rotatable bonds is 4. The number of nitrogens with zero attached hydrogens (tertiary/aromatic N) is 3. The summed E-state index contributed by atoms with van der Waals surface area (Å²) in [6.45, 7) is 0. The van der Waals surface area contributed by atoms with Crippen molar-refractivity contribution in [3.63, 3.8) is 0 Å². The first-order valence-electron chi connectivity index (χ1n) is 7.47. The highest BCUT2D eigenvalue weighted by Crippen LogP contribution is 2.31. The van der Waals surface area contributed by atoms with Crippen LogP contribution in [0, 0.1) is 10.1 Å². The highest BCUT2D eigenvalue weighted by atomic mass is 16.6. The quantitative estimate of drug-likeness (QED) is 0.434. The van der Waals surface area contributed by atoms with Crippen molar-refractivity contribution in [2.24, 2.45) is 0 Å². The van der Waals surface area contributed by atoms with Crippen LogP contribution in [0.25, 0.3) is 21.9 Å². The van der Waals surface area contributed by atoms with Gasteiger partial charge in [-0.15, -0.1) is 0 Å². The Balaban J connectivity index is 1.82. The molecule has 0 aliphatic carbocycles. The Bertz CT molecular complexity index is 1110. The smallest absolute Gasteiger partial charge is 0.271 e. The number of nitro benzene ring substituents is 1. The van der Waals surface area contributed by atoms with Crippen LogP contribution in [0.5, 0.6) is 5.75 Å². The highest BCUT2D eigenvalue weighted by molar-refractivity contribution is 6.08. The molecule has 4 aromatic rings. The van der Waals surface area contributed by atoms with E-state index in [1.165, 1.54) is 18.5 Å². The van der Waals surface area contributed by atoms with Crippen molar-refractivity contribution in [1.82, 2.24) is 15.0 Å². The third kappa shape index (κ3) is 2.59. The lowest BCUT2D eigenvalue weighted by molar-refractivity contribution is -0.384. The standard InChI is InChI=1S/C17H13N5O3/c1-25-12-5-6-14-13(8-12)15-16(21-14)17(19-9-18-15)20-10-3-2-4-11(7-10)22(23)24/h2-9,21H,1H3,(H,18,19,20). The van der Waals surface area contributed by atoms with Crippen molar-refractivity contribution in [2.45, 2.75) is 0 Å². The average molecular weight is 335 g/mol. The van der Waals surface area contributed by atoms with Crippen molar-refractivity contribution in [2.75, 3.05) is 12.4 Å². The number of ether oxygens (including phenoxy) is 1. The predicted octanol–water partition coefficient (Wildman–Crippen LogP) is 3.77. The zero-order valence-corrected chi connectivity index (χ0v) is 13.2. The number of anilines is 2. The summed E-state index contributed by atoms with van der Waals surface area (Å²) in [5.74, 6) is 1.28. The molecule has 0 aliphatic heterocycles. The molecule has 0 unspecified atom stereocenters. The van der Waals surface area contributed by atoms with E-state index in [0.717, 1.165) is 27.7 Å². The molecule has 0 saturated heterocycles. The molecule has 2 aromatic carbocycles. The molecular weight excluding hydrogens is 322 g/mol. The number of hydrogen-bond acceptors (Lipinski definition) is 6. The molecule has 0 spiro atoms. The van der Waals surface area contributed by atoms with Crippen LogP contribution in [0.3, 0.4) is 0 Å². The Labute approximate surface area is 141 Å². The summed E-state index contributed by atoms with van der Waals surface area (Å²) in [5, 5.41) is 15.0. The van der Waals surface area contributed by atoms with E-state index in [1.54, 1.807) is 19.2 Å². The zero-order chi connectivity index (χ0) is 17.4. The first-order chi connectivity index (χ1) is 12.2. The van der Waals surface area contributed by atoms with E-state index in [-0.39, 0.29) is 5.69 Å². The molecule has 4 rings (SSSR count). The molecule has 0 atom stereocenters. The third-order valence-electron chi connectivity index (χ3n) is 3.91. The van der Waals surface area contributed by atoms with Crippen LogP contribution in [-0.4, -0.2) is 27.0 Å². The van der Waals surface area contributed by atoms with E-state index in [1.807, 2.05) is 18.2 Å². The maximum Gasteiger partial charge on any atom is 0.271 e. The maximum absolute atomic E-state index is 10.9. The van der Waals surface area contributed by atoms with Crippen molar-refractivity contribution in [3.05, 3.63) is 58.9 Å². The molecule has 25 heavy (non-hydrogen) atoms. The fraction of sp³-hybridized carbons (Fsp3) is 0.0588. The largest absolute Gasteiger partial charge is 0.497 e. The first kappa shape index (κ1) is 14.9. The molecule has 0 radical (unpaired) electrons. The number of aromatic amines is 1. The second-order valence-electron chi connectivity index (χ2n) is 5.41. The van der Waals surface area contributed by atoms with E-state index in [4.69, 9.17) is 4.74 Å². The van der Waals surface area contributed by atoms with Crippen molar-refractivity contribution in [3.8, 4) is 5.75 Å². The van der Waals surface area contributed by atoms with Gasteiger partial charge in [0.25, 0.3) is 5.69 Å². The normalized spacial score (nSPS) is 10.9. The summed E-state index contributed by atoms with van der Waals surface area (Å²) in [7, 11) is 1.61. The molecule has 0 fully saturated rings. The second-order valence-corrected chi connectivity index (χ2v) is 5.41. The van der Waals surface area contributed by atoms with Gasteiger partial charge in [-0.2, -0.15) is 0 Å². The number of methoxy groups -OCH3 is 1. The molecule has 2 N–H and O–H groups in total. The number of nitro groups is 1. The lowest BCUT2D eigenvalue weighted by atomic mass is 10.2. The Kier molecular flexibility index (Phi) is 3.42. The average Bonchev–Trinajstić information content (AvgIpc) is 3.01. The molecule has 8 heteroatoms. The summed E-state index contributed by atoms with van der Waals surface area (Å²) in [4.78, 5) is 22.4. The Morgan fingerprint density at radius 2 is 2.08 bits per heavy atom. The summed E-state index contributed by atoms with van der Waals surface area (Å²) < 4.78 is 5.27. The van der Waals surface area contributed by atoms with Crippen molar-refractivity contribution in [1.29, 1.82) is 0 Å². The zero-order valence-electron chi connectivity index (χ0n) is 13.2. The van der Waals surface area contributed by atoms with Crippen LogP contribution in [0.4, 0.5) is 17.2 Å². The van der Waals surface area contributed by atoms with E-state index in [2.05, 4.69) is 20.3 Å². The minimum Gasteiger partial charge on any atom is -0.497 e. The van der Waals surface area contributed by atoms with Gasteiger partial charge in [0.1, 0.15) is 23.1 Å². The number of benzene rings is 2. The van der Waals surface area contributed by atoms with Gasteiger partial charge in [0.05, 0.1) is 12.0 Å². The van der Waals surface area contributed by atoms with Crippen LogP contribution >= 0.6 is 0 Å². The third-order valence-corrected chi connectivity index (χ3v) is 3.91. The van der Waals surface area contributed by atoms with Crippen LogP contribution in [0.1, 0.15) is 0 Å². The monoisotopic (exact) mass is 335 g/mol. The van der Waals surface area contributed by atoms with Crippen LogP contribution in [0.2, 0.25) is 0 Å². The number of nitrogens with one attached hydrogen (secondary N) is 2. The van der Waals surface area contributed by atoms with Gasteiger partial charge in [-0.05, 0) is 24.3 Å². The summed E-state index contributed by atoms with van der Waals surface area (Å²) in [5.41, 5.74) is 2.95. The van der Waals surface area contributed by atoms with Gasteiger partial charge in [0.2, 0.25) is 0 Å². The Morgan fingerprint density at radius 3 is 2.88 bits per heavy atom. The van der Waals surface area contributed by atoms with E-state index in [9.17, 15) is 10.1 Å². The van der Waals surface area contributed by atoms with Gasteiger partial charge >= 0.3 is 0 Å². The minimum atomic E-state index is -0.435. The fourth-order valence-corrected chi connectivity index (χ4v) is 2.73. The topological polar surface area (TPSA) is 106 Å². The molecule has 0 aliphatic rings. The molecule has 124 valence electrons. The molecule has 0 saturated carbocycles. The second kappa shape index (κ2) is 5.75. The number of fused-ring (bicyclic) bond motifs is 3. The Hall–Kier alpha value is -3.68. The van der Waals surface area contributed by atoms with E-state index in [0.29, 0.717) is 11.5 Å². The van der Waals surface area contributed by atoms with Gasteiger partial charge < -0.3 is 15.0 Å². The molecular formula is C17H13N5O3. The number of hydrogen-bond donors (Lipinski definition) is 2. The molecule has 8 nitrogen and oxygen atoms in total. The van der Waals surface area contributed by atoms with E-state index < -0.39 is 4.92 Å². The Morgan fingerprint density at radius 1 is 1.20 bits per heavy atom. The van der Waals surface area contributed by atoms with E-state index >= 15 is 0 Å².